The van der Waals surface area contributed by atoms with Gasteiger partial charge in [0.15, 0.2) is 0 Å². The molecule has 0 saturated carbocycles. The first-order valence-electron chi connectivity index (χ1n) is 8.95. The second kappa shape index (κ2) is 14.9. The Balaban J connectivity index is -0.00000264. The number of ketones is 2. The molecule has 0 aliphatic rings. The van der Waals surface area contributed by atoms with E-state index < -0.39 is 35.7 Å². The Morgan fingerprint density at radius 1 is 0.960 bits per heavy atom. The van der Waals surface area contributed by atoms with Crippen LogP contribution in [0.5, 0.6) is 0 Å². The van der Waals surface area contributed by atoms with Gasteiger partial charge in [-0.3, -0.25) is 9.59 Å². The zero-order chi connectivity index (χ0) is 18.6. The van der Waals surface area contributed by atoms with Crippen LogP contribution in [0.1, 0.15) is 85.9 Å². The van der Waals surface area contributed by atoms with E-state index in [-0.39, 0.29) is 37.4 Å². The van der Waals surface area contributed by atoms with Crippen LogP contribution in [0.2, 0.25) is 0 Å². The molecular weight excluding hydrogens is 335 g/mol. The summed E-state index contributed by atoms with van der Waals surface area (Å²) in [7, 11) is 0. The zero-order valence-corrected chi connectivity index (χ0v) is 17.9. The second-order valence-corrected chi connectivity index (χ2v) is 6.50. The van der Waals surface area contributed by atoms with E-state index in [0.717, 1.165) is 26.2 Å². The van der Waals surface area contributed by atoms with Gasteiger partial charge in [0, 0.05) is 6.42 Å². The van der Waals surface area contributed by atoms with Gasteiger partial charge >= 0.3 is 35.5 Å². The monoisotopic (exact) mass is 368 g/mol. The van der Waals surface area contributed by atoms with Gasteiger partial charge in [0.05, 0.1) is 6.42 Å². The summed E-state index contributed by atoms with van der Waals surface area (Å²) in [6.45, 7) is 3.25. The Bertz CT molecular complexity index is 416. The predicted molar refractivity (Wildman–Crippen MR) is 91.9 cm³/mol. The summed E-state index contributed by atoms with van der Waals surface area (Å²) in [6.07, 6.45) is 7.53. The molecular formula is C18H33NaO6. The molecule has 0 aliphatic carbocycles. The Hall–Kier alpha value is -0.270. The maximum absolute atomic E-state index is 11.8. The Morgan fingerprint density at radius 3 is 1.80 bits per heavy atom. The van der Waals surface area contributed by atoms with E-state index in [4.69, 9.17) is 5.11 Å². The van der Waals surface area contributed by atoms with Gasteiger partial charge in [-0.25, -0.2) is 4.79 Å². The van der Waals surface area contributed by atoms with Gasteiger partial charge < -0.3 is 16.7 Å². The number of hydrogen-bond donors (Lipinski definition) is 3. The van der Waals surface area contributed by atoms with Gasteiger partial charge in [-0.15, -0.1) is 0 Å². The summed E-state index contributed by atoms with van der Waals surface area (Å²) < 4.78 is 0. The van der Waals surface area contributed by atoms with Crippen LogP contribution in [0, 0.1) is 0 Å². The van der Waals surface area contributed by atoms with Crippen LogP contribution in [-0.4, -0.2) is 44.6 Å². The SMILES string of the molecule is CCCCCCCCCCCC(=O)CC(O)(C(=O)O)C(=O)C(C)O.[H-].[Na+]. The largest absolute Gasteiger partial charge is 1.00 e. The van der Waals surface area contributed by atoms with Crippen LogP contribution in [0.25, 0.3) is 0 Å². The molecule has 0 saturated heterocycles. The zero-order valence-electron chi connectivity index (χ0n) is 16.9. The van der Waals surface area contributed by atoms with Crippen molar-refractivity contribution in [2.75, 3.05) is 0 Å². The van der Waals surface area contributed by atoms with Gasteiger partial charge in [-0.2, -0.15) is 0 Å². The fourth-order valence-electron chi connectivity index (χ4n) is 2.62. The second-order valence-electron chi connectivity index (χ2n) is 6.50. The summed E-state index contributed by atoms with van der Waals surface area (Å²) in [6, 6.07) is 0. The van der Waals surface area contributed by atoms with Crippen LogP contribution >= 0.6 is 0 Å². The summed E-state index contributed by atoms with van der Waals surface area (Å²) in [4.78, 5) is 34.6. The molecule has 3 N–H and O–H groups in total. The van der Waals surface area contributed by atoms with Crippen molar-refractivity contribution in [1.29, 1.82) is 0 Å². The molecule has 0 bridgehead atoms. The van der Waals surface area contributed by atoms with Gasteiger partial charge in [0.1, 0.15) is 11.9 Å². The number of hydrogen-bond acceptors (Lipinski definition) is 5. The number of aliphatic hydroxyl groups is 2. The maximum atomic E-state index is 11.8. The number of rotatable bonds is 15. The molecule has 142 valence electrons. The molecule has 0 rings (SSSR count). The molecule has 0 heterocycles. The van der Waals surface area contributed by atoms with Crippen LogP contribution in [0.4, 0.5) is 0 Å². The molecule has 0 radical (unpaired) electrons. The Morgan fingerprint density at radius 2 is 1.40 bits per heavy atom. The minimum Gasteiger partial charge on any atom is -1.00 e. The summed E-state index contributed by atoms with van der Waals surface area (Å²) in [5.74, 6) is -3.53. The van der Waals surface area contributed by atoms with E-state index in [1.807, 2.05) is 0 Å². The van der Waals surface area contributed by atoms with Crippen molar-refractivity contribution < 1.29 is 60.7 Å². The summed E-state index contributed by atoms with van der Waals surface area (Å²) in [5.41, 5.74) is -2.83. The third-order valence-corrected chi connectivity index (χ3v) is 4.15. The third-order valence-electron chi connectivity index (χ3n) is 4.15. The number of unbranched alkanes of at least 4 members (excludes halogenated alkanes) is 8. The number of carboxylic acid groups (broad SMARTS) is 1. The van der Waals surface area contributed by atoms with Crippen molar-refractivity contribution in [2.24, 2.45) is 0 Å². The quantitative estimate of drug-likeness (QED) is 0.209. The van der Waals surface area contributed by atoms with Crippen LogP contribution < -0.4 is 29.6 Å². The average Bonchev–Trinajstić information content (AvgIpc) is 2.52. The number of carbonyl (C=O) groups is 3. The fraction of sp³-hybridized carbons (Fsp3) is 0.833. The molecule has 0 aromatic carbocycles. The number of carbonyl (C=O) groups excluding carboxylic acids is 2. The van der Waals surface area contributed by atoms with Crippen LogP contribution in [0.15, 0.2) is 0 Å². The molecule has 0 aliphatic heterocycles. The average molecular weight is 368 g/mol. The summed E-state index contributed by atoms with van der Waals surface area (Å²) in [5, 5.41) is 28.1. The van der Waals surface area contributed by atoms with Gasteiger partial charge in [0.2, 0.25) is 11.4 Å². The number of aliphatic carboxylic acids is 1. The van der Waals surface area contributed by atoms with E-state index in [1.165, 1.54) is 32.1 Å². The smallest absolute Gasteiger partial charge is 1.00 e. The topological polar surface area (TPSA) is 112 Å². The molecule has 0 aromatic rings. The van der Waals surface area contributed by atoms with Crippen molar-refractivity contribution in [1.82, 2.24) is 0 Å². The molecule has 0 amide bonds. The number of Topliss-reactive ketones (excluding diaryl/α,β-unsaturated/α-hetero) is 2. The molecule has 7 heteroatoms. The molecule has 6 nitrogen and oxygen atoms in total. The van der Waals surface area contributed by atoms with E-state index in [1.54, 1.807) is 0 Å². The van der Waals surface area contributed by atoms with Gasteiger partial charge in [-0.1, -0.05) is 58.3 Å². The van der Waals surface area contributed by atoms with Crippen molar-refractivity contribution >= 4 is 17.5 Å². The normalized spacial score (nSPS) is 14.2. The number of carboxylic acids is 1. The third kappa shape index (κ3) is 11.1. The number of aliphatic hydroxyl groups excluding tert-OH is 1. The van der Waals surface area contributed by atoms with E-state index in [9.17, 15) is 24.6 Å². The van der Waals surface area contributed by atoms with Crippen LogP contribution in [-0.2, 0) is 14.4 Å². The molecule has 0 aromatic heterocycles. The maximum Gasteiger partial charge on any atom is 1.00 e. The predicted octanol–water partition coefficient (Wildman–Crippen LogP) is -0.251. The summed E-state index contributed by atoms with van der Waals surface area (Å²) >= 11 is 0. The first-order valence-corrected chi connectivity index (χ1v) is 8.95. The Labute approximate surface area is 174 Å². The molecule has 25 heavy (non-hydrogen) atoms. The van der Waals surface area contributed by atoms with Crippen molar-refractivity contribution in [3.8, 4) is 0 Å². The van der Waals surface area contributed by atoms with Gasteiger partial charge in [-0.05, 0) is 13.3 Å². The van der Waals surface area contributed by atoms with Crippen molar-refractivity contribution in [3.05, 3.63) is 0 Å². The first kappa shape index (κ1) is 27.0. The van der Waals surface area contributed by atoms with E-state index in [0.29, 0.717) is 6.42 Å². The molecule has 0 spiro atoms. The minimum absolute atomic E-state index is 0. The molecule has 2 unspecified atom stereocenters. The Kier molecular flexibility index (Phi) is 16.0. The minimum atomic E-state index is -2.83. The van der Waals surface area contributed by atoms with Gasteiger partial charge in [0.25, 0.3) is 0 Å². The molecule has 2 atom stereocenters. The van der Waals surface area contributed by atoms with Crippen molar-refractivity contribution in [2.45, 2.75) is 96.2 Å². The fourth-order valence-corrected chi connectivity index (χ4v) is 2.62. The molecule has 0 fully saturated rings. The van der Waals surface area contributed by atoms with E-state index >= 15 is 0 Å². The van der Waals surface area contributed by atoms with Crippen molar-refractivity contribution in [3.63, 3.8) is 0 Å². The first-order chi connectivity index (χ1) is 11.3. The van der Waals surface area contributed by atoms with Crippen LogP contribution in [0.3, 0.4) is 0 Å². The standard InChI is InChI=1S/C18H32O6.Na.H/c1-3-4-5-6-7-8-9-10-11-12-15(20)13-18(24,17(22)23)16(21)14(2)19;;/h14,19,24H,3-13H2,1-2H3,(H,22,23);;/q;+1;-1. The van der Waals surface area contributed by atoms with E-state index in [2.05, 4.69) is 6.92 Å².